The van der Waals surface area contributed by atoms with E-state index in [1.165, 1.54) is 87.3 Å². The van der Waals surface area contributed by atoms with Crippen molar-refractivity contribution in [3.63, 3.8) is 0 Å². The standard InChI is InChI=1S/C13H19BrN2Si.C13H9FN2.C13H19N2Si.C6H4FI.3C4H9.C2H3N.CHN.CH3.2ClH.Pd.Sn/c1-13(2,3)17(4,5)16-7-6-10-8-11(14)9-15-12(10)16;14-12-4-2-1-3-11(12)10-7-9-5-6-15-13(9)16-8-10;1-13(2,3)16(4,5)15-10-8-11-7-6-9-14-12(11)15;7-5-3-1-2-4-6(5)8;3*1-3-4-2;1-2-3;1-2;;;;;/h6-9H,1-5H3;1-8H,(H,15,16);7-10H,1-5H3;1-4H;3*1,3-4H2,2H3;1H3;1H;1H3;2*1H;;/q;;;;;;;;;-1;;;+2;/p-2. The van der Waals surface area contributed by atoms with Crippen LogP contribution in [0, 0.1) is 45.8 Å². The molecule has 0 saturated heterocycles. The Balaban J connectivity index is 0.000000535. The molecule has 0 radical (unpaired) electrons. The summed E-state index contributed by atoms with van der Waals surface area (Å²) in [7, 11) is 6.41. The molecule has 0 aliphatic rings. The number of pyridine rings is 3. The molecule has 1 N–H and O–H groups in total. The van der Waals surface area contributed by atoms with E-state index in [-0.39, 0.29) is 35.0 Å². The second kappa shape index (κ2) is 35.9. The molecule has 434 valence electrons. The number of benzene rings is 2. The molecule has 0 amide bonds. The molecule has 0 fully saturated rings. The van der Waals surface area contributed by atoms with Crippen LogP contribution in [0.4, 0.5) is 8.78 Å². The molecule has 8 nitrogen and oxygen atoms in total. The molecular weight excluding hydrogens is 1440 g/mol. The van der Waals surface area contributed by atoms with Gasteiger partial charge < -0.3 is 16.6 Å². The summed E-state index contributed by atoms with van der Waals surface area (Å²) < 4.78 is 38.8. The van der Waals surface area contributed by atoms with Crippen LogP contribution in [0.1, 0.15) is 108 Å². The zero-order chi connectivity index (χ0) is 58.9. The number of unbranched alkanes of at least 4 members (excludes halogenated alkanes) is 3. The first kappa shape index (κ1) is 74.0. The molecule has 0 bridgehead atoms. The van der Waals surface area contributed by atoms with Gasteiger partial charge in [0, 0.05) is 62.0 Å². The summed E-state index contributed by atoms with van der Waals surface area (Å²) >= 11 is 2.91. The number of aromatic nitrogens is 6. The summed E-state index contributed by atoms with van der Waals surface area (Å²) in [5.74, 6) is -0.368. The number of hydrogen-bond acceptors (Lipinski definition) is 5. The first-order valence-corrected chi connectivity index (χ1v) is 45.7. The quantitative estimate of drug-likeness (QED) is 0.0702. The van der Waals surface area contributed by atoms with Crippen LogP contribution in [-0.4, -0.2) is 63.2 Å². The average Bonchev–Trinajstić information content (AvgIpc) is 4.17. The molecule has 8 rings (SSSR count). The van der Waals surface area contributed by atoms with Gasteiger partial charge in [-0.05, 0) is 92.2 Å². The molecule has 6 aromatic heterocycles. The molecule has 0 aliphatic heterocycles. The van der Waals surface area contributed by atoms with Crippen molar-refractivity contribution in [3.05, 3.63) is 149 Å². The summed E-state index contributed by atoms with van der Waals surface area (Å²) in [6.07, 6.45) is 20.5. The number of fused-ring (bicyclic) bond motifs is 3. The second-order valence-electron chi connectivity index (χ2n) is 22.1. The Morgan fingerprint density at radius 1 is 0.696 bits per heavy atom. The topological polar surface area (TPSA) is 112 Å². The monoisotopic (exact) mass is 1530 g/mol. The maximum atomic E-state index is 13.6. The van der Waals surface area contributed by atoms with Gasteiger partial charge in [0.15, 0.2) is 8.24 Å². The van der Waals surface area contributed by atoms with Gasteiger partial charge in [-0.25, -0.2) is 24.0 Å². The Bertz CT molecular complexity index is 3070. The molecule has 8 aromatic rings. The predicted molar refractivity (Wildman–Crippen MR) is 354 cm³/mol. The number of aromatic amines is 1. The van der Waals surface area contributed by atoms with E-state index in [0.29, 0.717) is 19.2 Å². The van der Waals surface area contributed by atoms with Crippen LogP contribution in [0.3, 0.4) is 0 Å². The van der Waals surface area contributed by atoms with Crippen LogP contribution in [0.5, 0.6) is 0 Å². The van der Waals surface area contributed by atoms with Crippen LogP contribution in [0.25, 0.3) is 44.2 Å². The van der Waals surface area contributed by atoms with Gasteiger partial charge in [0.25, 0.3) is 0 Å². The molecule has 79 heavy (non-hydrogen) atoms. The van der Waals surface area contributed by atoms with E-state index >= 15 is 0 Å². The Labute approximate surface area is 517 Å². The molecule has 0 spiro atoms. The Kier molecular flexibility index (Phi) is 33.6. The third-order valence-corrected chi connectivity index (χ3v) is 42.2. The van der Waals surface area contributed by atoms with E-state index in [0.717, 1.165) is 26.7 Å². The van der Waals surface area contributed by atoms with E-state index in [2.05, 4.69) is 177 Å². The van der Waals surface area contributed by atoms with Gasteiger partial charge >= 0.3 is 221 Å². The Hall–Kier alpha value is -2.97. The number of nitrogens with zero attached hydrogens (tertiary/aromatic N) is 7. The fraction of sp³-hybridized carbons (Fsp3) is 0.410. The van der Waals surface area contributed by atoms with Gasteiger partial charge in [-0.3, -0.25) is 0 Å². The molecule has 6 heterocycles. The number of halogens is 6. The van der Waals surface area contributed by atoms with E-state index in [1.807, 2.05) is 59.3 Å². The fourth-order valence-corrected chi connectivity index (χ4v) is 28.7. The van der Waals surface area contributed by atoms with Crippen LogP contribution in [0.2, 0.25) is 49.6 Å². The average molecular weight is 1530 g/mol. The first-order valence-electron chi connectivity index (χ1n) is 26.4. The van der Waals surface area contributed by atoms with Crippen molar-refractivity contribution in [1.82, 2.24) is 28.4 Å². The van der Waals surface area contributed by atoms with Crippen molar-refractivity contribution >= 4 is 129 Å². The van der Waals surface area contributed by atoms with Gasteiger partial charge in [-0.15, -0.1) is 0 Å². The van der Waals surface area contributed by atoms with E-state index in [4.69, 9.17) is 34.6 Å². The zero-order valence-electron chi connectivity index (χ0n) is 49.2. The van der Waals surface area contributed by atoms with Gasteiger partial charge in [-0.2, -0.15) is 5.26 Å². The molecular formula is C61H85BrCl2F2IN8PdSi2Sn-. The van der Waals surface area contributed by atoms with Crippen molar-refractivity contribution in [2.75, 3.05) is 0 Å². The van der Waals surface area contributed by atoms with Gasteiger partial charge in [-0.1, -0.05) is 64.2 Å². The first-order chi connectivity index (χ1) is 36.8. The van der Waals surface area contributed by atoms with Gasteiger partial charge in [0.2, 0.25) is 0 Å². The molecule has 18 heteroatoms. The van der Waals surface area contributed by atoms with E-state index in [1.54, 1.807) is 40.1 Å². The van der Waals surface area contributed by atoms with Crippen molar-refractivity contribution in [2.45, 2.75) is 157 Å². The number of nitrogens with one attached hydrogen (secondary N) is 1. The minimum absolute atomic E-state index is 0. The van der Waals surface area contributed by atoms with E-state index in [9.17, 15) is 8.78 Å². The Morgan fingerprint density at radius 2 is 1.14 bits per heavy atom. The third-order valence-electron chi connectivity index (χ3n) is 14.9. The van der Waals surface area contributed by atoms with Crippen LogP contribution < -0.4 is 3.58 Å². The summed E-state index contributed by atoms with van der Waals surface area (Å²) in [5.41, 5.74) is 4.53. The maximum absolute atomic E-state index is 13.6. The molecule has 0 unspecified atom stereocenters. The fourth-order valence-electron chi connectivity index (χ4n) is 8.51. The molecule has 0 atom stereocenters. The normalized spacial score (nSPS) is 11.3. The number of hydrogen-bond donors (Lipinski definition) is 1. The van der Waals surface area contributed by atoms with Crippen molar-refractivity contribution in [2.24, 2.45) is 0 Å². The second-order valence-corrected chi connectivity index (χ2v) is 50.0. The summed E-state index contributed by atoms with van der Waals surface area (Å²) in [5, 5.41) is 18.0. The van der Waals surface area contributed by atoms with Crippen LogP contribution >= 0.6 is 57.6 Å². The molecule has 0 aliphatic carbocycles. The van der Waals surface area contributed by atoms with Gasteiger partial charge in [0.05, 0.1) is 6.07 Å². The minimum atomic E-state index is -2.40. The third kappa shape index (κ3) is 21.3. The number of rotatable bonds is 13. The van der Waals surface area contributed by atoms with Crippen LogP contribution in [-0.2, 0) is 15.9 Å². The molecule has 2 aromatic carbocycles. The Morgan fingerprint density at radius 3 is 1.57 bits per heavy atom. The summed E-state index contributed by atoms with van der Waals surface area (Å²) in [6, 6.07) is 28.2. The number of H-pyrrole nitrogens is 1. The SMILES string of the molecule is C#N.CC#N.CC(C)(C)[Si](C)(C)n1ccc2cc(Br)cnc21.CCC[CH2][Sn]([CH2]CCC)([CH2]CCC)[c]1cnc2c(ccn2[Si](C)(C)C(C)(C)C)c1.Fc1ccccc1-c1cnc2[nH]ccc2c1.Fc1ccccc1I.[CH3-].[Cl][Pd][Cl]. The molecule has 0 saturated carbocycles. The zero-order valence-corrected chi connectivity index (χ0v) is 60.9. The predicted octanol–water partition coefficient (Wildman–Crippen LogP) is 20.9. The van der Waals surface area contributed by atoms with Crippen molar-refractivity contribution in [1.29, 1.82) is 10.5 Å². The van der Waals surface area contributed by atoms with Crippen molar-refractivity contribution < 1.29 is 24.7 Å². The number of nitriles is 2. The summed E-state index contributed by atoms with van der Waals surface area (Å²) in [4.78, 5) is 17.0. The van der Waals surface area contributed by atoms with Crippen molar-refractivity contribution in [3.8, 4) is 23.8 Å². The van der Waals surface area contributed by atoms with E-state index < -0.39 is 34.8 Å². The van der Waals surface area contributed by atoms with Crippen LogP contribution in [0.15, 0.2) is 127 Å². The summed E-state index contributed by atoms with van der Waals surface area (Å²) in [6.45, 7) is 35.9. The van der Waals surface area contributed by atoms with Gasteiger partial charge in [0.1, 0.15) is 22.9 Å².